The number of aromatic nitrogens is 2. The van der Waals surface area contributed by atoms with Gasteiger partial charge in [0.1, 0.15) is 5.82 Å². The lowest BCUT2D eigenvalue weighted by atomic mass is 10.1. The molecule has 0 atom stereocenters. The van der Waals surface area contributed by atoms with E-state index in [1.165, 1.54) is 36.5 Å². The van der Waals surface area contributed by atoms with Crippen molar-refractivity contribution in [3.05, 3.63) is 68.7 Å². The summed E-state index contributed by atoms with van der Waals surface area (Å²) in [4.78, 5) is 36.1. The first-order chi connectivity index (χ1) is 9.04. The van der Waals surface area contributed by atoms with Gasteiger partial charge in [-0.1, -0.05) is 12.1 Å². The van der Waals surface area contributed by atoms with Crippen LogP contribution in [0.4, 0.5) is 4.39 Å². The Morgan fingerprint density at radius 2 is 1.84 bits per heavy atom. The highest BCUT2D eigenvalue weighted by atomic mass is 19.1. The third-order valence-corrected chi connectivity index (χ3v) is 2.56. The Balaban J connectivity index is 2.07. The number of carbonyl (C=O) groups is 1. The molecule has 2 rings (SSSR count). The van der Waals surface area contributed by atoms with Crippen LogP contribution < -0.4 is 11.2 Å². The number of hydrogen-bond acceptors (Lipinski definition) is 3. The van der Waals surface area contributed by atoms with Crippen molar-refractivity contribution in [3.8, 4) is 0 Å². The number of H-pyrrole nitrogens is 1. The summed E-state index contributed by atoms with van der Waals surface area (Å²) in [6.07, 6.45) is 1.37. The van der Waals surface area contributed by atoms with Crippen molar-refractivity contribution in [1.82, 2.24) is 9.55 Å². The molecule has 5 nitrogen and oxygen atoms in total. The number of Topliss-reactive ketones (excluding diaryl/α,β-unsaturated/α-hetero) is 1. The summed E-state index contributed by atoms with van der Waals surface area (Å²) in [5.41, 5.74) is -0.462. The minimum atomic E-state index is -0.625. The number of nitrogens with zero attached hydrogens (tertiary/aromatic N) is 1. The molecule has 1 N–H and O–H groups in total. The molecule has 0 radical (unpaired) electrons. The quantitative estimate of drug-likeness (QED) is 0.871. The summed E-state index contributed by atoms with van der Waals surface area (Å²) in [7, 11) is 0. The lowest BCUT2D eigenvalue weighted by molar-refractivity contribution is -0.119. The summed E-state index contributed by atoms with van der Waals surface area (Å²) in [5, 5.41) is 0. The Morgan fingerprint density at radius 1 is 1.16 bits per heavy atom. The normalized spacial score (nSPS) is 10.4. The molecule has 0 amide bonds. The van der Waals surface area contributed by atoms with Crippen molar-refractivity contribution in [2.45, 2.75) is 13.0 Å². The molecular formula is C13H11FN2O3. The SMILES string of the molecule is O=C(Cc1ccc(F)cc1)Cn1ccc(=O)[nH]c1=O. The third-order valence-electron chi connectivity index (χ3n) is 2.56. The Kier molecular flexibility index (Phi) is 3.70. The minimum Gasteiger partial charge on any atom is -0.297 e. The van der Waals surface area contributed by atoms with Crippen LogP contribution in [-0.2, 0) is 17.8 Å². The summed E-state index contributed by atoms with van der Waals surface area (Å²) in [6.45, 7) is -0.132. The van der Waals surface area contributed by atoms with E-state index in [-0.39, 0.29) is 24.6 Å². The molecule has 0 aliphatic rings. The second kappa shape index (κ2) is 5.43. The highest BCUT2D eigenvalue weighted by Gasteiger charge is 2.06. The number of aromatic amines is 1. The van der Waals surface area contributed by atoms with E-state index in [2.05, 4.69) is 4.98 Å². The molecule has 0 saturated heterocycles. The number of hydrogen-bond donors (Lipinski definition) is 1. The predicted molar refractivity (Wildman–Crippen MR) is 66.4 cm³/mol. The smallest absolute Gasteiger partial charge is 0.297 e. The Hall–Kier alpha value is -2.50. The van der Waals surface area contributed by atoms with Gasteiger partial charge in [-0.3, -0.25) is 19.1 Å². The number of nitrogens with one attached hydrogen (secondary N) is 1. The van der Waals surface area contributed by atoms with Crippen LogP contribution in [0, 0.1) is 5.82 Å². The van der Waals surface area contributed by atoms with Crippen LogP contribution in [-0.4, -0.2) is 15.3 Å². The molecule has 0 aliphatic carbocycles. The topological polar surface area (TPSA) is 71.9 Å². The molecule has 98 valence electrons. The van der Waals surface area contributed by atoms with Crippen LogP contribution in [0.25, 0.3) is 0 Å². The zero-order valence-electron chi connectivity index (χ0n) is 9.93. The van der Waals surface area contributed by atoms with Crippen LogP contribution >= 0.6 is 0 Å². The van der Waals surface area contributed by atoms with Gasteiger partial charge < -0.3 is 0 Å². The van der Waals surface area contributed by atoms with E-state index < -0.39 is 11.2 Å². The average molecular weight is 262 g/mol. The fourth-order valence-electron chi connectivity index (χ4n) is 1.64. The Morgan fingerprint density at radius 3 is 2.47 bits per heavy atom. The van der Waals surface area contributed by atoms with E-state index in [9.17, 15) is 18.8 Å². The maximum absolute atomic E-state index is 12.7. The van der Waals surface area contributed by atoms with Crippen LogP contribution in [0.1, 0.15) is 5.56 Å². The average Bonchev–Trinajstić information content (AvgIpc) is 2.36. The van der Waals surface area contributed by atoms with Crippen molar-refractivity contribution < 1.29 is 9.18 Å². The summed E-state index contributed by atoms with van der Waals surface area (Å²) in [6, 6.07) is 6.75. The standard InChI is InChI=1S/C13H11FN2O3/c14-10-3-1-9(2-4-10)7-11(17)8-16-6-5-12(18)15-13(16)19/h1-6H,7-8H2,(H,15,18,19). The van der Waals surface area contributed by atoms with Gasteiger partial charge in [0.25, 0.3) is 5.56 Å². The zero-order valence-corrected chi connectivity index (χ0v) is 9.93. The number of benzene rings is 1. The first kappa shape index (κ1) is 12.9. The van der Waals surface area contributed by atoms with Gasteiger partial charge in [-0.15, -0.1) is 0 Å². The zero-order chi connectivity index (χ0) is 13.8. The first-order valence-electron chi connectivity index (χ1n) is 5.60. The number of halogens is 1. The highest BCUT2D eigenvalue weighted by molar-refractivity contribution is 5.80. The van der Waals surface area contributed by atoms with Gasteiger partial charge in [0.05, 0.1) is 6.54 Å². The van der Waals surface area contributed by atoms with Gasteiger partial charge in [0.2, 0.25) is 0 Å². The molecule has 1 heterocycles. The molecule has 0 bridgehead atoms. The summed E-state index contributed by atoms with van der Waals surface area (Å²) >= 11 is 0. The Bertz CT molecular complexity index is 701. The third kappa shape index (κ3) is 3.48. The maximum atomic E-state index is 12.7. The monoisotopic (exact) mass is 262 g/mol. The van der Waals surface area contributed by atoms with E-state index in [1.807, 2.05) is 0 Å². The molecule has 19 heavy (non-hydrogen) atoms. The molecular weight excluding hydrogens is 251 g/mol. The molecule has 0 unspecified atom stereocenters. The van der Waals surface area contributed by atoms with E-state index in [0.717, 1.165) is 4.57 Å². The molecule has 0 aliphatic heterocycles. The lowest BCUT2D eigenvalue weighted by Crippen LogP contribution is -2.31. The van der Waals surface area contributed by atoms with E-state index >= 15 is 0 Å². The van der Waals surface area contributed by atoms with E-state index in [1.54, 1.807) is 0 Å². The van der Waals surface area contributed by atoms with Crippen molar-refractivity contribution in [2.24, 2.45) is 0 Å². The van der Waals surface area contributed by atoms with Crippen LogP contribution in [0.5, 0.6) is 0 Å². The molecule has 1 aromatic heterocycles. The maximum Gasteiger partial charge on any atom is 0.328 e. The van der Waals surface area contributed by atoms with Gasteiger partial charge in [0.15, 0.2) is 5.78 Å². The molecule has 2 aromatic rings. The van der Waals surface area contributed by atoms with Crippen LogP contribution in [0.3, 0.4) is 0 Å². The largest absolute Gasteiger partial charge is 0.328 e. The van der Waals surface area contributed by atoms with Gasteiger partial charge in [-0.05, 0) is 17.7 Å². The van der Waals surface area contributed by atoms with E-state index in [4.69, 9.17) is 0 Å². The second-order valence-electron chi connectivity index (χ2n) is 4.08. The van der Waals surface area contributed by atoms with Crippen molar-refractivity contribution in [1.29, 1.82) is 0 Å². The number of rotatable bonds is 4. The molecule has 1 aromatic carbocycles. The summed E-state index contributed by atoms with van der Waals surface area (Å²) < 4.78 is 13.8. The van der Waals surface area contributed by atoms with Crippen molar-refractivity contribution >= 4 is 5.78 Å². The predicted octanol–water partition coefficient (Wildman–Crippen LogP) is 0.487. The van der Waals surface area contributed by atoms with Crippen LogP contribution in [0.2, 0.25) is 0 Å². The fourth-order valence-corrected chi connectivity index (χ4v) is 1.64. The van der Waals surface area contributed by atoms with Gasteiger partial charge in [-0.25, -0.2) is 9.18 Å². The first-order valence-corrected chi connectivity index (χ1v) is 5.60. The minimum absolute atomic E-state index is 0.103. The number of ketones is 1. The highest BCUT2D eigenvalue weighted by Crippen LogP contribution is 2.04. The molecule has 0 fully saturated rings. The lowest BCUT2D eigenvalue weighted by Gasteiger charge is -2.04. The van der Waals surface area contributed by atoms with E-state index in [0.29, 0.717) is 5.56 Å². The van der Waals surface area contributed by atoms with Crippen LogP contribution in [0.15, 0.2) is 46.1 Å². The van der Waals surface area contributed by atoms with Gasteiger partial charge >= 0.3 is 5.69 Å². The Labute approximate surface area is 107 Å². The molecule has 0 spiro atoms. The number of carbonyl (C=O) groups excluding carboxylic acids is 1. The molecule has 0 saturated carbocycles. The van der Waals surface area contributed by atoms with Crippen molar-refractivity contribution in [2.75, 3.05) is 0 Å². The second-order valence-corrected chi connectivity index (χ2v) is 4.08. The fraction of sp³-hybridized carbons (Fsp3) is 0.154. The summed E-state index contributed by atoms with van der Waals surface area (Å²) in [5.74, 6) is -0.575. The molecule has 6 heteroatoms. The van der Waals surface area contributed by atoms with Crippen molar-refractivity contribution in [3.63, 3.8) is 0 Å². The van der Waals surface area contributed by atoms with Gasteiger partial charge in [-0.2, -0.15) is 0 Å². The van der Waals surface area contributed by atoms with Gasteiger partial charge in [0, 0.05) is 18.7 Å².